The first-order chi connectivity index (χ1) is 10.8. The number of piperidine rings is 1. The van der Waals surface area contributed by atoms with E-state index in [0.29, 0.717) is 22.9 Å². The first-order valence-electron chi connectivity index (χ1n) is 7.24. The molecule has 0 aromatic heterocycles. The molecule has 124 valence electrons. The Morgan fingerprint density at radius 2 is 2.13 bits per heavy atom. The van der Waals surface area contributed by atoms with Crippen molar-refractivity contribution < 1.29 is 19.6 Å². The molecule has 2 rings (SSSR count). The van der Waals surface area contributed by atoms with Crippen molar-refractivity contribution in [2.75, 3.05) is 6.54 Å². The number of halogens is 1. The van der Waals surface area contributed by atoms with Crippen molar-refractivity contribution in [1.29, 1.82) is 0 Å². The lowest BCUT2D eigenvalue weighted by atomic mass is 9.93. The molecule has 0 radical (unpaired) electrons. The van der Waals surface area contributed by atoms with Crippen LogP contribution < -0.4 is 0 Å². The van der Waals surface area contributed by atoms with Crippen LogP contribution in [0.1, 0.15) is 25.3 Å². The van der Waals surface area contributed by atoms with Gasteiger partial charge in [0.2, 0.25) is 5.91 Å². The average Bonchev–Trinajstić information content (AvgIpc) is 2.49. The fourth-order valence-corrected chi connectivity index (χ4v) is 3.22. The molecule has 0 spiro atoms. The molecule has 0 aliphatic carbocycles. The number of aliphatic carboxylic acids is 1. The average molecular weight is 385 g/mol. The number of amides is 1. The number of non-ortho nitro benzene ring substituents is 1. The van der Waals surface area contributed by atoms with Crippen molar-refractivity contribution in [3.8, 4) is 0 Å². The molecule has 1 amide bonds. The van der Waals surface area contributed by atoms with Gasteiger partial charge < -0.3 is 10.0 Å². The minimum absolute atomic E-state index is 0.00470. The number of carboxylic acid groups (broad SMARTS) is 1. The predicted molar refractivity (Wildman–Crippen MR) is 86.0 cm³/mol. The number of nitro groups is 1. The van der Waals surface area contributed by atoms with Gasteiger partial charge in [-0.1, -0.05) is 22.0 Å². The Kier molecular flexibility index (Phi) is 5.35. The van der Waals surface area contributed by atoms with Gasteiger partial charge in [0.25, 0.3) is 5.69 Å². The second kappa shape index (κ2) is 7.08. The van der Waals surface area contributed by atoms with Gasteiger partial charge in [-0.15, -0.1) is 0 Å². The molecule has 0 bridgehead atoms. The van der Waals surface area contributed by atoms with E-state index >= 15 is 0 Å². The van der Waals surface area contributed by atoms with Gasteiger partial charge in [0.1, 0.15) is 0 Å². The maximum Gasteiger partial charge on any atom is 0.308 e. The molecule has 7 nitrogen and oxygen atoms in total. The first-order valence-corrected chi connectivity index (χ1v) is 8.04. The maximum absolute atomic E-state index is 12.5. The van der Waals surface area contributed by atoms with Gasteiger partial charge in [0, 0.05) is 29.2 Å². The Hall–Kier alpha value is -1.96. The Morgan fingerprint density at radius 1 is 1.43 bits per heavy atom. The number of carboxylic acids is 1. The molecule has 1 fully saturated rings. The minimum Gasteiger partial charge on any atom is -0.481 e. The molecular weight excluding hydrogens is 368 g/mol. The van der Waals surface area contributed by atoms with Crippen molar-refractivity contribution in [1.82, 2.24) is 4.90 Å². The second-order valence-electron chi connectivity index (χ2n) is 5.72. The van der Waals surface area contributed by atoms with E-state index in [4.69, 9.17) is 5.11 Å². The summed E-state index contributed by atoms with van der Waals surface area (Å²) in [6.45, 7) is 2.11. The number of hydrogen-bond acceptors (Lipinski definition) is 4. The smallest absolute Gasteiger partial charge is 0.308 e. The van der Waals surface area contributed by atoms with E-state index in [1.165, 1.54) is 12.1 Å². The zero-order chi connectivity index (χ0) is 17.1. The Balaban J connectivity index is 2.11. The Bertz CT molecular complexity index is 649. The SMILES string of the molecule is CC1CCC(C(=O)O)CN1C(=O)Cc1ccc([N+](=O)[O-])cc1Br. The number of benzene rings is 1. The summed E-state index contributed by atoms with van der Waals surface area (Å²) in [7, 11) is 0. The molecule has 1 heterocycles. The molecule has 1 aromatic carbocycles. The molecule has 1 aromatic rings. The van der Waals surface area contributed by atoms with Crippen LogP contribution in [0.3, 0.4) is 0 Å². The van der Waals surface area contributed by atoms with Crippen LogP contribution in [-0.2, 0) is 16.0 Å². The summed E-state index contributed by atoms with van der Waals surface area (Å²) >= 11 is 3.25. The van der Waals surface area contributed by atoms with E-state index in [0.717, 1.165) is 0 Å². The van der Waals surface area contributed by atoms with Gasteiger partial charge >= 0.3 is 5.97 Å². The lowest BCUT2D eigenvalue weighted by molar-refractivity contribution is -0.384. The normalized spacial score (nSPS) is 21.0. The monoisotopic (exact) mass is 384 g/mol. The van der Waals surface area contributed by atoms with Gasteiger partial charge in [-0.25, -0.2) is 0 Å². The van der Waals surface area contributed by atoms with E-state index in [9.17, 15) is 19.7 Å². The first kappa shape index (κ1) is 17.4. The van der Waals surface area contributed by atoms with E-state index in [1.54, 1.807) is 11.0 Å². The van der Waals surface area contributed by atoms with Crippen molar-refractivity contribution in [2.24, 2.45) is 5.92 Å². The molecule has 1 saturated heterocycles. The number of nitrogens with zero attached hydrogens (tertiary/aromatic N) is 2. The highest BCUT2D eigenvalue weighted by molar-refractivity contribution is 9.10. The van der Waals surface area contributed by atoms with Gasteiger partial charge in [-0.05, 0) is 25.3 Å². The minimum atomic E-state index is -0.883. The number of hydrogen-bond donors (Lipinski definition) is 1. The Labute approximate surface area is 141 Å². The van der Waals surface area contributed by atoms with E-state index < -0.39 is 16.8 Å². The third-order valence-electron chi connectivity index (χ3n) is 4.14. The molecule has 2 unspecified atom stereocenters. The molecule has 2 atom stereocenters. The van der Waals surface area contributed by atoms with E-state index in [2.05, 4.69) is 15.9 Å². The highest BCUT2D eigenvalue weighted by Gasteiger charge is 2.32. The second-order valence-corrected chi connectivity index (χ2v) is 6.57. The van der Waals surface area contributed by atoms with Crippen molar-refractivity contribution >= 4 is 33.5 Å². The van der Waals surface area contributed by atoms with Gasteiger partial charge in [-0.2, -0.15) is 0 Å². The van der Waals surface area contributed by atoms with Crippen LogP contribution in [0.25, 0.3) is 0 Å². The van der Waals surface area contributed by atoms with Crippen LogP contribution in [0.2, 0.25) is 0 Å². The summed E-state index contributed by atoms with van der Waals surface area (Å²) in [5, 5.41) is 19.9. The maximum atomic E-state index is 12.5. The van der Waals surface area contributed by atoms with Crippen LogP contribution in [0.4, 0.5) is 5.69 Å². The summed E-state index contributed by atoms with van der Waals surface area (Å²) in [4.78, 5) is 35.5. The highest BCUT2D eigenvalue weighted by atomic mass is 79.9. The lowest BCUT2D eigenvalue weighted by Crippen LogP contribution is -2.47. The number of likely N-dealkylation sites (tertiary alicyclic amines) is 1. The van der Waals surface area contributed by atoms with Gasteiger partial charge in [-0.3, -0.25) is 19.7 Å². The highest BCUT2D eigenvalue weighted by Crippen LogP contribution is 2.26. The van der Waals surface area contributed by atoms with E-state index in [1.807, 2.05) is 6.92 Å². The third-order valence-corrected chi connectivity index (χ3v) is 4.88. The fraction of sp³-hybridized carbons (Fsp3) is 0.467. The quantitative estimate of drug-likeness (QED) is 0.634. The number of rotatable bonds is 4. The van der Waals surface area contributed by atoms with Gasteiger partial charge in [0.05, 0.1) is 17.3 Å². The van der Waals surface area contributed by atoms with Gasteiger partial charge in [0.15, 0.2) is 0 Å². The zero-order valence-electron chi connectivity index (χ0n) is 12.6. The summed E-state index contributed by atoms with van der Waals surface area (Å²) < 4.78 is 0.500. The predicted octanol–water partition coefficient (Wildman–Crippen LogP) is 2.61. The molecule has 1 aliphatic rings. The van der Waals surface area contributed by atoms with Crippen LogP contribution in [0.15, 0.2) is 22.7 Å². The summed E-state index contributed by atoms with van der Waals surface area (Å²) in [5.74, 6) is -1.58. The van der Waals surface area contributed by atoms with Crippen LogP contribution >= 0.6 is 15.9 Å². The molecule has 23 heavy (non-hydrogen) atoms. The lowest BCUT2D eigenvalue weighted by Gasteiger charge is -2.36. The molecule has 8 heteroatoms. The Morgan fingerprint density at radius 3 is 2.70 bits per heavy atom. The number of carbonyl (C=O) groups excluding carboxylic acids is 1. The van der Waals surface area contributed by atoms with Crippen LogP contribution in [0.5, 0.6) is 0 Å². The standard InChI is InChI=1S/C15H17BrN2O5/c1-9-2-3-11(15(20)21)8-17(9)14(19)6-10-4-5-12(18(22)23)7-13(10)16/h4-5,7,9,11H,2-3,6,8H2,1H3,(H,20,21). The van der Waals surface area contributed by atoms with Crippen molar-refractivity contribution in [2.45, 2.75) is 32.2 Å². The zero-order valence-corrected chi connectivity index (χ0v) is 14.2. The molecule has 1 aliphatic heterocycles. The molecule has 1 N–H and O–H groups in total. The van der Waals surface area contributed by atoms with Crippen LogP contribution in [0, 0.1) is 16.0 Å². The van der Waals surface area contributed by atoms with Crippen molar-refractivity contribution in [3.05, 3.63) is 38.3 Å². The summed E-state index contributed by atoms with van der Waals surface area (Å²) in [5.41, 5.74) is 0.593. The topological polar surface area (TPSA) is 101 Å². The fourth-order valence-electron chi connectivity index (χ4n) is 2.71. The number of carbonyl (C=O) groups is 2. The van der Waals surface area contributed by atoms with Crippen molar-refractivity contribution in [3.63, 3.8) is 0 Å². The molecular formula is C15H17BrN2O5. The summed E-state index contributed by atoms with van der Waals surface area (Å²) in [6.07, 6.45) is 1.31. The number of nitro benzene ring substituents is 1. The molecule has 0 saturated carbocycles. The largest absolute Gasteiger partial charge is 0.481 e. The van der Waals surface area contributed by atoms with Crippen LogP contribution in [-0.4, -0.2) is 39.4 Å². The summed E-state index contributed by atoms with van der Waals surface area (Å²) in [6, 6.07) is 4.26. The van der Waals surface area contributed by atoms with E-state index in [-0.39, 0.29) is 30.6 Å². The third kappa shape index (κ3) is 4.07.